The maximum Gasteiger partial charge on any atom is 0.171 e. The molecule has 1 aromatic heterocycles. The van der Waals surface area contributed by atoms with Crippen LogP contribution >= 0.6 is 11.8 Å². The first-order valence-corrected chi connectivity index (χ1v) is 9.04. The molecule has 0 radical (unpaired) electrons. The van der Waals surface area contributed by atoms with Crippen LogP contribution in [0.4, 0.5) is 5.82 Å². The molecule has 2 rings (SSSR count). The molecule has 1 atom stereocenters. The number of sulfone groups is 1. The summed E-state index contributed by atoms with van der Waals surface area (Å²) in [5.41, 5.74) is 6.18. The molecule has 0 saturated carbocycles. The predicted octanol–water partition coefficient (Wildman–Crippen LogP) is 0.249. The lowest BCUT2D eigenvalue weighted by atomic mass is 10.3. The number of hydrogen-bond donors (Lipinski definition) is 1. The summed E-state index contributed by atoms with van der Waals surface area (Å²) in [6.07, 6.45) is 0. The van der Waals surface area contributed by atoms with Crippen molar-refractivity contribution in [1.29, 1.82) is 0 Å². The van der Waals surface area contributed by atoms with Crippen molar-refractivity contribution in [3.05, 3.63) is 17.8 Å². The van der Waals surface area contributed by atoms with Crippen LogP contribution in [-0.4, -0.2) is 47.8 Å². The summed E-state index contributed by atoms with van der Waals surface area (Å²) in [7, 11) is -3.12. The number of hydrogen-bond acceptors (Lipinski definition) is 7. The van der Waals surface area contributed by atoms with Gasteiger partial charge in [-0.1, -0.05) is 6.92 Å². The van der Waals surface area contributed by atoms with Gasteiger partial charge in [-0.3, -0.25) is 0 Å². The number of anilines is 1. The van der Waals surface area contributed by atoms with Crippen molar-refractivity contribution in [1.82, 2.24) is 10.2 Å². The molecule has 1 unspecified atom stereocenters. The molecule has 1 aliphatic heterocycles. The van der Waals surface area contributed by atoms with Gasteiger partial charge in [0.15, 0.2) is 15.7 Å². The Bertz CT molecular complexity index is 518. The Kier molecular flexibility index (Phi) is 4.64. The summed E-state index contributed by atoms with van der Waals surface area (Å²) in [4.78, 5) is 1.84. The molecular weight excluding hydrogens is 284 g/mol. The summed E-state index contributed by atoms with van der Waals surface area (Å²) in [5.74, 6) is 2.23. The van der Waals surface area contributed by atoms with Crippen LogP contribution in [0.5, 0.6) is 0 Å². The lowest BCUT2D eigenvalue weighted by molar-refractivity contribution is 0.578. The zero-order chi connectivity index (χ0) is 13.9. The molecule has 1 aromatic rings. The fraction of sp³-hybridized carbons (Fsp3) is 0.636. The van der Waals surface area contributed by atoms with Crippen LogP contribution in [0.1, 0.15) is 12.6 Å². The van der Waals surface area contributed by atoms with Crippen molar-refractivity contribution in [2.75, 3.05) is 28.7 Å². The minimum Gasteiger partial charge on any atom is -0.337 e. The van der Waals surface area contributed by atoms with Gasteiger partial charge in [0.05, 0.1) is 5.69 Å². The molecule has 106 valence electrons. The smallest absolute Gasteiger partial charge is 0.171 e. The third kappa shape index (κ3) is 3.18. The Balaban J connectivity index is 2.28. The van der Waals surface area contributed by atoms with Crippen molar-refractivity contribution >= 4 is 27.4 Å². The van der Waals surface area contributed by atoms with Gasteiger partial charge in [-0.05, 0) is 12.1 Å². The number of nitrogens with two attached hydrogens (primary N) is 1. The minimum atomic E-state index is -3.12. The molecule has 2 heterocycles. The SMILES string of the molecule is CCS(=O)(=O)C1CSCCN1c1ccc(CN)nn1. The highest BCUT2D eigenvalue weighted by Gasteiger charge is 2.33. The van der Waals surface area contributed by atoms with Gasteiger partial charge >= 0.3 is 0 Å². The van der Waals surface area contributed by atoms with Crippen molar-refractivity contribution in [3.8, 4) is 0 Å². The van der Waals surface area contributed by atoms with Crippen LogP contribution in [0.25, 0.3) is 0 Å². The minimum absolute atomic E-state index is 0.142. The highest BCUT2D eigenvalue weighted by molar-refractivity contribution is 8.01. The maximum atomic E-state index is 12.1. The normalized spacial score (nSPS) is 20.5. The highest BCUT2D eigenvalue weighted by Crippen LogP contribution is 2.25. The first-order chi connectivity index (χ1) is 9.08. The van der Waals surface area contributed by atoms with Crippen molar-refractivity contribution < 1.29 is 8.42 Å². The van der Waals surface area contributed by atoms with Gasteiger partial charge in [-0.15, -0.1) is 5.10 Å². The van der Waals surface area contributed by atoms with E-state index in [-0.39, 0.29) is 5.75 Å². The summed E-state index contributed by atoms with van der Waals surface area (Å²) >= 11 is 1.66. The van der Waals surface area contributed by atoms with E-state index < -0.39 is 15.2 Å². The van der Waals surface area contributed by atoms with E-state index in [0.717, 1.165) is 5.75 Å². The Morgan fingerprint density at radius 3 is 2.84 bits per heavy atom. The van der Waals surface area contributed by atoms with Gasteiger partial charge in [-0.25, -0.2) is 8.42 Å². The van der Waals surface area contributed by atoms with Gasteiger partial charge in [0.2, 0.25) is 0 Å². The van der Waals surface area contributed by atoms with Crippen molar-refractivity contribution in [2.24, 2.45) is 5.73 Å². The van der Waals surface area contributed by atoms with E-state index in [9.17, 15) is 8.42 Å². The van der Waals surface area contributed by atoms with Crippen LogP contribution in [0.15, 0.2) is 12.1 Å². The van der Waals surface area contributed by atoms with Gasteiger partial charge in [0.1, 0.15) is 5.37 Å². The average Bonchev–Trinajstić information content (AvgIpc) is 2.47. The standard InChI is InChI=1S/C11H18N4O2S2/c1-2-19(16,17)11-8-18-6-5-15(11)10-4-3-9(7-12)13-14-10/h3-4,11H,2,5-8,12H2,1H3. The van der Waals surface area contributed by atoms with E-state index >= 15 is 0 Å². The van der Waals surface area contributed by atoms with Crippen molar-refractivity contribution in [3.63, 3.8) is 0 Å². The third-order valence-corrected chi connectivity index (χ3v) is 6.40. The Hall–Kier alpha value is -0.860. The molecule has 6 nitrogen and oxygen atoms in total. The highest BCUT2D eigenvalue weighted by atomic mass is 32.2. The van der Waals surface area contributed by atoms with Gasteiger partial charge in [0, 0.05) is 30.3 Å². The number of nitrogens with zero attached hydrogens (tertiary/aromatic N) is 3. The second-order valence-electron chi connectivity index (χ2n) is 4.26. The summed E-state index contributed by atoms with van der Waals surface area (Å²) < 4.78 is 24.3. The van der Waals surface area contributed by atoms with Crippen LogP contribution < -0.4 is 10.6 Å². The second-order valence-corrected chi connectivity index (χ2v) is 7.86. The van der Waals surface area contributed by atoms with E-state index in [0.29, 0.717) is 30.4 Å². The molecule has 0 aliphatic carbocycles. The molecule has 1 fully saturated rings. The molecule has 0 amide bonds. The Morgan fingerprint density at radius 2 is 2.26 bits per heavy atom. The van der Waals surface area contributed by atoms with Crippen LogP contribution in [0.2, 0.25) is 0 Å². The summed E-state index contributed by atoms with van der Waals surface area (Å²) in [6, 6.07) is 3.59. The first kappa shape index (κ1) is 14.5. The van der Waals surface area contributed by atoms with Crippen LogP contribution in [-0.2, 0) is 16.4 Å². The van der Waals surface area contributed by atoms with E-state index in [1.165, 1.54) is 0 Å². The summed E-state index contributed by atoms with van der Waals surface area (Å²) in [5, 5.41) is 7.58. The van der Waals surface area contributed by atoms with Gasteiger partial charge in [-0.2, -0.15) is 16.9 Å². The third-order valence-electron chi connectivity index (χ3n) is 3.11. The zero-order valence-electron chi connectivity index (χ0n) is 10.8. The predicted molar refractivity (Wildman–Crippen MR) is 77.8 cm³/mol. The molecular formula is C11H18N4O2S2. The number of thioether (sulfide) groups is 1. The molecule has 8 heteroatoms. The molecule has 1 saturated heterocycles. The molecule has 19 heavy (non-hydrogen) atoms. The van der Waals surface area contributed by atoms with Gasteiger partial charge < -0.3 is 10.6 Å². The molecule has 1 aliphatic rings. The maximum absolute atomic E-state index is 12.1. The van der Waals surface area contributed by atoms with E-state index in [1.807, 2.05) is 4.90 Å². The Labute approximate surface area is 117 Å². The molecule has 2 N–H and O–H groups in total. The lowest BCUT2D eigenvalue weighted by Crippen LogP contribution is -2.48. The monoisotopic (exact) mass is 302 g/mol. The van der Waals surface area contributed by atoms with E-state index in [4.69, 9.17) is 5.73 Å². The quantitative estimate of drug-likeness (QED) is 0.852. The molecule has 0 spiro atoms. The van der Waals surface area contributed by atoms with Crippen molar-refractivity contribution in [2.45, 2.75) is 18.8 Å². The topological polar surface area (TPSA) is 89.2 Å². The zero-order valence-corrected chi connectivity index (χ0v) is 12.5. The number of aromatic nitrogens is 2. The van der Waals surface area contributed by atoms with E-state index in [1.54, 1.807) is 30.8 Å². The first-order valence-electron chi connectivity index (χ1n) is 6.17. The average molecular weight is 302 g/mol. The van der Waals surface area contributed by atoms with Crippen LogP contribution in [0, 0.1) is 0 Å². The fourth-order valence-electron chi connectivity index (χ4n) is 1.95. The van der Waals surface area contributed by atoms with E-state index in [2.05, 4.69) is 10.2 Å². The van der Waals surface area contributed by atoms with Crippen LogP contribution in [0.3, 0.4) is 0 Å². The number of rotatable bonds is 4. The van der Waals surface area contributed by atoms with Gasteiger partial charge in [0.25, 0.3) is 0 Å². The fourth-order valence-corrected chi connectivity index (χ4v) is 4.93. The lowest BCUT2D eigenvalue weighted by Gasteiger charge is -2.35. The Morgan fingerprint density at radius 1 is 1.47 bits per heavy atom. The molecule has 0 bridgehead atoms. The largest absolute Gasteiger partial charge is 0.337 e. The second kappa shape index (κ2) is 6.06. The summed E-state index contributed by atoms with van der Waals surface area (Å²) in [6.45, 7) is 2.68. The molecule has 0 aromatic carbocycles.